The average Bonchev–Trinajstić information content (AvgIpc) is 2.55. The first-order valence-electron chi connectivity index (χ1n) is 6.05. The summed E-state index contributed by atoms with van der Waals surface area (Å²) in [5, 5.41) is 3.11. The molecule has 0 aliphatic carbocycles. The van der Waals surface area contributed by atoms with Crippen molar-refractivity contribution in [3.63, 3.8) is 0 Å². The molecule has 1 heterocycles. The topological polar surface area (TPSA) is 28.4 Å². The predicted octanol–water partition coefficient (Wildman–Crippen LogP) is 2.54. The minimum absolute atomic E-state index is 0.576. The molecule has 0 saturated heterocycles. The Morgan fingerprint density at radius 3 is 2.62 bits per heavy atom. The maximum Gasteiger partial charge on any atom is 0.118 e. The highest BCUT2D eigenvalue weighted by atomic mass is 16.3. The Balaban J connectivity index is 2.72. The van der Waals surface area contributed by atoms with Crippen molar-refractivity contribution in [2.24, 2.45) is 0 Å². The van der Waals surface area contributed by atoms with Gasteiger partial charge in [0.1, 0.15) is 11.5 Å². The van der Waals surface area contributed by atoms with Crippen LogP contribution in [0.1, 0.15) is 37.9 Å². The van der Waals surface area contributed by atoms with Crippen LogP contribution in [0.2, 0.25) is 0 Å². The SMILES string of the molecule is CCN(Cc1cc(CNC)oc1C)C(C)C. The summed E-state index contributed by atoms with van der Waals surface area (Å²) in [4.78, 5) is 2.43. The Morgan fingerprint density at radius 1 is 1.44 bits per heavy atom. The van der Waals surface area contributed by atoms with Crippen LogP contribution in [0.15, 0.2) is 10.5 Å². The zero-order chi connectivity index (χ0) is 12.1. The molecule has 16 heavy (non-hydrogen) atoms. The van der Waals surface area contributed by atoms with Gasteiger partial charge >= 0.3 is 0 Å². The summed E-state index contributed by atoms with van der Waals surface area (Å²) in [6, 6.07) is 2.74. The molecular formula is C13H24N2O. The van der Waals surface area contributed by atoms with Gasteiger partial charge in [-0.3, -0.25) is 4.90 Å². The maximum atomic E-state index is 5.69. The largest absolute Gasteiger partial charge is 0.465 e. The normalized spacial score (nSPS) is 11.7. The van der Waals surface area contributed by atoms with Gasteiger partial charge in [0.15, 0.2) is 0 Å². The lowest BCUT2D eigenvalue weighted by molar-refractivity contribution is 0.223. The molecule has 1 aromatic heterocycles. The van der Waals surface area contributed by atoms with Crippen molar-refractivity contribution in [3.8, 4) is 0 Å². The number of hydrogen-bond donors (Lipinski definition) is 1. The number of hydrogen-bond acceptors (Lipinski definition) is 3. The van der Waals surface area contributed by atoms with E-state index in [2.05, 4.69) is 37.1 Å². The molecule has 1 rings (SSSR count). The van der Waals surface area contributed by atoms with E-state index < -0.39 is 0 Å². The third-order valence-corrected chi connectivity index (χ3v) is 2.93. The molecule has 1 aromatic rings. The van der Waals surface area contributed by atoms with Crippen LogP contribution in [0.3, 0.4) is 0 Å². The third kappa shape index (κ3) is 3.35. The van der Waals surface area contributed by atoms with Gasteiger partial charge in [0.05, 0.1) is 6.54 Å². The summed E-state index contributed by atoms with van der Waals surface area (Å²) in [7, 11) is 1.93. The van der Waals surface area contributed by atoms with E-state index >= 15 is 0 Å². The number of rotatable bonds is 6. The molecule has 0 aliphatic rings. The molecular weight excluding hydrogens is 200 g/mol. The van der Waals surface area contributed by atoms with E-state index in [1.54, 1.807) is 0 Å². The number of aryl methyl sites for hydroxylation is 1. The molecule has 3 heteroatoms. The van der Waals surface area contributed by atoms with Crippen molar-refractivity contribution in [1.29, 1.82) is 0 Å². The monoisotopic (exact) mass is 224 g/mol. The standard InChI is InChI=1S/C13H24N2O/c1-6-15(10(2)3)9-12-7-13(8-14-5)16-11(12)4/h7,10,14H,6,8-9H2,1-5H3. The molecule has 92 valence electrons. The first-order valence-corrected chi connectivity index (χ1v) is 6.05. The van der Waals surface area contributed by atoms with Gasteiger partial charge in [-0.1, -0.05) is 6.92 Å². The molecule has 0 spiro atoms. The van der Waals surface area contributed by atoms with Crippen LogP contribution in [0.25, 0.3) is 0 Å². The van der Waals surface area contributed by atoms with E-state index in [1.165, 1.54) is 5.56 Å². The number of nitrogens with zero attached hydrogens (tertiary/aromatic N) is 1. The molecule has 0 atom stereocenters. The highest BCUT2D eigenvalue weighted by Crippen LogP contribution is 2.17. The van der Waals surface area contributed by atoms with E-state index in [1.807, 2.05) is 14.0 Å². The Labute approximate surface area is 98.8 Å². The molecule has 0 bridgehead atoms. The Bertz CT molecular complexity index is 318. The van der Waals surface area contributed by atoms with Crippen LogP contribution >= 0.6 is 0 Å². The number of nitrogens with one attached hydrogen (secondary N) is 1. The van der Waals surface area contributed by atoms with Crippen molar-refractivity contribution < 1.29 is 4.42 Å². The van der Waals surface area contributed by atoms with Crippen LogP contribution in [-0.2, 0) is 13.1 Å². The predicted molar refractivity (Wildman–Crippen MR) is 67.4 cm³/mol. The smallest absolute Gasteiger partial charge is 0.118 e. The van der Waals surface area contributed by atoms with Crippen molar-refractivity contribution in [2.45, 2.75) is 46.8 Å². The molecule has 0 fully saturated rings. The fraction of sp³-hybridized carbons (Fsp3) is 0.692. The van der Waals surface area contributed by atoms with Crippen LogP contribution in [0.4, 0.5) is 0 Å². The molecule has 0 saturated carbocycles. The van der Waals surface area contributed by atoms with Gasteiger partial charge < -0.3 is 9.73 Å². The van der Waals surface area contributed by atoms with E-state index in [-0.39, 0.29) is 0 Å². The Hall–Kier alpha value is -0.800. The van der Waals surface area contributed by atoms with Crippen molar-refractivity contribution >= 4 is 0 Å². The van der Waals surface area contributed by atoms with Crippen molar-refractivity contribution in [2.75, 3.05) is 13.6 Å². The van der Waals surface area contributed by atoms with E-state index in [0.717, 1.165) is 31.2 Å². The zero-order valence-electron chi connectivity index (χ0n) is 11.1. The molecule has 0 radical (unpaired) electrons. The second-order valence-corrected chi connectivity index (χ2v) is 4.48. The highest BCUT2D eigenvalue weighted by Gasteiger charge is 2.12. The van der Waals surface area contributed by atoms with Gasteiger partial charge in [-0.25, -0.2) is 0 Å². The summed E-state index contributed by atoms with van der Waals surface area (Å²) in [6.07, 6.45) is 0. The summed E-state index contributed by atoms with van der Waals surface area (Å²) < 4.78 is 5.69. The van der Waals surface area contributed by atoms with E-state index in [4.69, 9.17) is 4.42 Å². The zero-order valence-corrected chi connectivity index (χ0v) is 11.1. The average molecular weight is 224 g/mol. The molecule has 1 N–H and O–H groups in total. The van der Waals surface area contributed by atoms with Gasteiger partial charge in [0.25, 0.3) is 0 Å². The maximum absolute atomic E-state index is 5.69. The molecule has 0 aromatic carbocycles. The fourth-order valence-corrected chi connectivity index (χ4v) is 1.88. The van der Waals surface area contributed by atoms with Gasteiger partial charge in [-0.15, -0.1) is 0 Å². The highest BCUT2D eigenvalue weighted by molar-refractivity contribution is 5.20. The van der Waals surface area contributed by atoms with E-state index in [9.17, 15) is 0 Å². The van der Waals surface area contributed by atoms with Gasteiger partial charge in [-0.05, 0) is 40.4 Å². The molecule has 0 aliphatic heterocycles. The second-order valence-electron chi connectivity index (χ2n) is 4.48. The Kier molecular flexibility index (Phi) is 5.03. The second kappa shape index (κ2) is 6.06. The molecule has 3 nitrogen and oxygen atoms in total. The van der Waals surface area contributed by atoms with Gasteiger partial charge in [-0.2, -0.15) is 0 Å². The first kappa shape index (κ1) is 13.3. The minimum atomic E-state index is 0.576. The lowest BCUT2D eigenvalue weighted by atomic mass is 10.2. The summed E-state index contributed by atoms with van der Waals surface area (Å²) in [5.74, 6) is 2.07. The van der Waals surface area contributed by atoms with Gasteiger partial charge in [0, 0.05) is 18.2 Å². The first-order chi connectivity index (χ1) is 7.58. The van der Waals surface area contributed by atoms with Crippen LogP contribution in [0, 0.1) is 6.92 Å². The van der Waals surface area contributed by atoms with Crippen LogP contribution < -0.4 is 5.32 Å². The molecule has 0 unspecified atom stereocenters. The summed E-state index contributed by atoms with van der Waals surface area (Å²) in [5.41, 5.74) is 1.31. The lowest BCUT2D eigenvalue weighted by Crippen LogP contribution is -2.29. The Morgan fingerprint density at radius 2 is 2.12 bits per heavy atom. The van der Waals surface area contributed by atoms with Crippen LogP contribution in [-0.4, -0.2) is 24.5 Å². The third-order valence-electron chi connectivity index (χ3n) is 2.93. The quantitative estimate of drug-likeness (QED) is 0.805. The lowest BCUT2D eigenvalue weighted by Gasteiger charge is -2.24. The number of furan rings is 1. The van der Waals surface area contributed by atoms with Gasteiger partial charge in [0.2, 0.25) is 0 Å². The van der Waals surface area contributed by atoms with E-state index in [0.29, 0.717) is 6.04 Å². The fourth-order valence-electron chi connectivity index (χ4n) is 1.88. The molecule has 0 amide bonds. The van der Waals surface area contributed by atoms with Crippen LogP contribution in [0.5, 0.6) is 0 Å². The van der Waals surface area contributed by atoms with Crippen molar-refractivity contribution in [3.05, 3.63) is 23.2 Å². The summed E-state index contributed by atoms with van der Waals surface area (Å²) >= 11 is 0. The summed E-state index contributed by atoms with van der Waals surface area (Å²) in [6.45, 7) is 11.6. The van der Waals surface area contributed by atoms with Crippen molar-refractivity contribution in [1.82, 2.24) is 10.2 Å². The minimum Gasteiger partial charge on any atom is -0.465 e.